The van der Waals surface area contributed by atoms with Crippen LogP contribution in [-0.4, -0.2) is 39.6 Å². The molecule has 4 aliphatic carbocycles. The van der Waals surface area contributed by atoms with E-state index >= 15 is 0 Å². The number of hydrogen-bond donors (Lipinski definition) is 1. The first-order valence-electron chi connectivity index (χ1n) is 11.4. The molecule has 1 unspecified atom stereocenters. The zero-order chi connectivity index (χ0) is 21.6. The minimum absolute atomic E-state index is 0.0965. The molecule has 1 heterocycles. The second kappa shape index (κ2) is 8.15. The first kappa shape index (κ1) is 20.9. The van der Waals surface area contributed by atoms with Crippen molar-refractivity contribution in [3.63, 3.8) is 0 Å². The van der Waals surface area contributed by atoms with Gasteiger partial charge in [0.2, 0.25) is 5.91 Å². The van der Waals surface area contributed by atoms with Gasteiger partial charge in [0.25, 0.3) is 0 Å². The van der Waals surface area contributed by atoms with Crippen LogP contribution in [-0.2, 0) is 11.8 Å². The van der Waals surface area contributed by atoms with E-state index in [1.807, 2.05) is 35.9 Å². The summed E-state index contributed by atoms with van der Waals surface area (Å²) >= 11 is 1.45. The van der Waals surface area contributed by atoms with Crippen molar-refractivity contribution in [3.05, 3.63) is 24.3 Å². The Bertz CT molecular complexity index is 937. The van der Waals surface area contributed by atoms with Gasteiger partial charge in [0.1, 0.15) is 5.75 Å². The van der Waals surface area contributed by atoms with E-state index < -0.39 is 0 Å². The van der Waals surface area contributed by atoms with E-state index in [4.69, 9.17) is 4.74 Å². The molecule has 31 heavy (non-hydrogen) atoms. The van der Waals surface area contributed by atoms with Crippen LogP contribution in [0.1, 0.15) is 45.4 Å². The lowest BCUT2D eigenvalue weighted by Crippen LogP contribution is -2.56. The monoisotopic (exact) mass is 440 g/mol. The highest BCUT2D eigenvalue weighted by atomic mass is 32.2. The molecular weight excluding hydrogens is 408 g/mol. The maximum Gasteiger partial charge on any atom is 0.230 e. The van der Waals surface area contributed by atoms with Crippen molar-refractivity contribution in [2.24, 2.45) is 30.2 Å². The Morgan fingerprint density at radius 3 is 2.55 bits per heavy atom. The van der Waals surface area contributed by atoms with E-state index in [1.165, 1.54) is 50.3 Å². The Morgan fingerprint density at radius 1 is 1.23 bits per heavy atom. The average molecular weight is 441 g/mol. The van der Waals surface area contributed by atoms with Gasteiger partial charge >= 0.3 is 0 Å². The summed E-state index contributed by atoms with van der Waals surface area (Å²) in [6.45, 7) is 2.24. The molecule has 1 aromatic heterocycles. The van der Waals surface area contributed by atoms with Crippen LogP contribution >= 0.6 is 11.8 Å². The second-order valence-electron chi connectivity index (χ2n) is 9.95. The normalized spacial score (nSPS) is 29.7. The van der Waals surface area contributed by atoms with Crippen LogP contribution in [0.4, 0.5) is 0 Å². The molecule has 6 nitrogen and oxygen atoms in total. The van der Waals surface area contributed by atoms with Crippen LogP contribution in [0.25, 0.3) is 11.4 Å². The lowest BCUT2D eigenvalue weighted by Gasteiger charge is -2.59. The largest absolute Gasteiger partial charge is 0.497 e. The summed E-state index contributed by atoms with van der Waals surface area (Å²) in [4.78, 5) is 12.8. The van der Waals surface area contributed by atoms with Gasteiger partial charge in [-0.2, -0.15) is 0 Å². The predicted molar refractivity (Wildman–Crippen MR) is 122 cm³/mol. The lowest BCUT2D eigenvalue weighted by molar-refractivity contribution is -0.123. The van der Waals surface area contributed by atoms with Crippen LogP contribution in [0.15, 0.2) is 29.4 Å². The SMILES string of the molecule is COc1cccc(-c2nnc(SCC(=O)NC(C)C34CC5CC(CC(C5)C3)C4)n2C)c1. The van der Waals surface area contributed by atoms with Crippen molar-refractivity contribution in [1.82, 2.24) is 20.1 Å². The number of amides is 1. The number of carbonyl (C=O) groups excluding carboxylic acids is 1. The third-order valence-corrected chi connectivity index (χ3v) is 8.90. The number of hydrogen-bond acceptors (Lipinski definition) is 5. The molecule has 4 fully saturated rings. The maximum absolute atomic E-state index is 12.8. The summed E-state index contributed by atoms with van der Waals surface area (Å²) in [5.74, 6) is 4.70. The number of methoxy groups -OCH3 is 1. The molecule has 2 aromatic rings. The molecule has 4 saturated carbocycles. The Kier molecular flexibility index (Phi) is 5.49. The average Bonchev–Trinajstić information content (AvgIpc) is 3.11. The number of ether oxygens (including phenoxy) is 1. The minimum Gasteiger partial charge on any atom is -0.497 e. The van der Waals surface area contributed by atoms with Crippen molar-refractivity contribution in [1.29, 1.82) is 0 Å². The van der Waals surface area contributed by atoms with Crippen molar-refractivity contribution in [2.75, 3.05) is 12.9 Å². The number of aromatic nitrogens is 3. The summed E-state index contributed by atoms with van der Waals surface area (Å²) in [5.41, 5.74) is 1.28. The van der Waals surface area contributed by atoms with Crippen molar-refractivity contribution in [3.8, 4) is 17.1 Å². The molecule has 1 N–H and O–H groups in total. The zero-order valence-electron chi connectivity index (χ0n) is 18.6. The highest BCUT2D eigenvalue weighted by molar-refractivity contribution is 7.99. The molecule has 0 radical (unpaired) electrons. The van der Waals surface area contributed by atoms with E-state index in [0.29, 0.717) is 11.2 Å². The second-order valence-corrected chi connectivity index (χ2v) is 10.9. The fourth-order valence-electron chi connectivity index (χ4n) is 6.73. The summed E-state index contributed by atoms with van der Waals surface area (Å²) in [6, 6.07) is 8.03. The summed E-state index contributed by atoms with van der Waals surface area (Å²) < 4.78 is 7.25. The molecule has 0 aliphatic heterocycles. The van der Waals surface area contributed by atoms with E-state index in [1.54, 1.807) is 7.11 Å². The van der Waals surface area contributed by atoms with Crippen LogP contribution in [0.2, 0.25) is 0 Å². The fourth-order valence-corrected chi connectivity index (χ4v) is 7.45. The zero-order valence-corrected chi connectivity index (χ0v) is 19.5. The fraction of sp³-hybridized carbons (Fsp3) is 0.625. The van der Waals surface area contributed by atoms with Gasteiger partial charge in [-0.15, -0.1) is 10.2 Å². The maximum atomic E-state index is 12.8. The van der Waals surface area contributed by atoms with Crippen LogP contribution in [0, 0.1) is 23.2 Å². The Morgan fingerprint density at radius 2 is 1.90 bits per heavy atom. The highest BCUT2D eigenvalue weighted by Crippen LogP contribution is 2.61. The third kappa shape index (κ3) is 3.97. The highest BCUT2D eigenvalue weighted by Gasteiger charge is 2.53. The quantitative estimate of drug-likeness (QED) is 0.650. The predicted octanol–water partition coefficient (Wildman–Crippen LogP) is 4.30. The minimum atomic E-state index is 0.0965. The summed E-state index contributed by atoms with van der Waals surface area (Å²) in [5, 5.41) is 12.7. The van der Waals surface area contributed by atoms with Crippen molar-refractivity contribution < 1.29 is 9.53 Å². The number of carbonyl (C=O) groups is 1. The Labute approximate surface area is 188 Å². The number of rotatable bonds is 7. The molecule has 1 atom stereocenters. The molecule has 7 heteroatoms. The van der Waals surface area contributed by atoms with Crippen LogP contribution in [0.5, 0.6) is 5.75 Å². The summed E-state index contributed by atoms with van der Waals surface area (Å²) in [7, 11) is 3.59. The van der Waals surface area contributed by atoms with Gasteiger partial charge < -0.3 is 14.6 Å². The molecule has 6 rings (SSSR count). The van der Waals surface area contributed by atoms with Crippen LogP contribution in [0.3, 0.4) is 0 Å². The summed E-state index contributed by atoms with van der Waals surface area (Å²) in [6.07, 6.45) is 8.20. The smallest absolute Gasteiger partial charge is 0.230 e. The van der Waals surface area contributed by atoms with E-state index in [9.17, 15) is 4.79 Å². The molecule has 166 valence electrons. The number of nitrogens with zero attached hydrogens (tertiary/aromatic N) is 3. The first-order chi connectivity index (χ1) is 15.0. The van der Waals surface area contributed by atoms with Crippen molar-refractivity contribution >= 4 is 17.7 Å². The molecule has 1 amide bonds. The van der Waals surface area contributed by atoms with Crippen LogP contribution < -0.4 is 10.1 Å². The molecule has 4 bridgehead atoms. The number of benzene rings is 1. The first-order valence-corrected chi connectivity index (χ1v) is 12.4. The van der Waals surface area contributed by atoms with E-state index in [-0.39, 0.29) is 11.9 Å². The molecule has 0 spiro atoms. The van der Waals surface area contributed by atoms with Gasteiger partial charge in [0.15, 0.2) is 11.0 Å². The van der Waals surface area contributed by atoms with Gasteiger partial charge in [-0.25, -0.2) is 0 Å². The molecular formula is C24H32N4O2S. The van der Waals surface area contributed by atoms with E-state index in [2.05, 4.69) is 22.4 Å². The number of nitrogens with one attached hydrogen (secondary N) is 1. The van der Waals surface area contributed by atoms with Gasteiger partial charge in [-0.05, 0) is 80.8 Å². The topological polar surface area (TPSA) is 69.0 Å². The van der Waals surface area contributed by atoms with E-state index in [0.717, 1.165) is 40.0 Å². The van der Waals surface area contributed by atoms with Gasteiger partial charge in [0.05, 0.1) is 12.9 Å². The standard InChI is InChI=1S/C24H32N4O2S/c1-15(24-11-16-7-17(12-24)9-18(8-16)13-24)25-21(29)14-31-23-27-26-22(28(23)2)19-5-4-6-20(10-19)30-3/h4-6,10,15-18H,7-9,11-14H2,1-3H3,(H,25,29). The van der Waals surface area contributed by atoms with Gasteiger partial charge in [0, 0.05) is 18.7 Å². The Hall–Kier alpha value is -2.02. The van der Waals surface area contributed by atoms with Crippen molar-refractivity contribution in [2.45, 2.75) is 56.6 Å². The Balaban J connectivity index is 1.20. The molecule has 4 aliphatic rings. The van der Waals surface area contributed by atoms with Gasteiger partial charge in [-0.1, -0.05) is 23.9 Å². The third-order valence-electron chi connectivity index (χ3n) is 7.88. The number of thioether (sulfide) groups is 1. The molecule has 1 aromatic carbocycles. The van der Waals surface area contributed by atoms with Gasteiger partial charge in [-0.3, -0.25) is 4.79 Å². The molecule has 0 saturated heterocycles. The lowest BCUT2D eigenvalue weighted by atomic mass is 9.48.